The Bertz CT molecular complexity index is 1760. The molecule has 0 fully saturated rings. The first kappa shape index (κ1) is 17.1. The molecule has 0 atom stereocenters. The molecule has 0 aliphatic heterocycles. The van der Waals surface area contributed by atoms with Gasteiger partial charge < -0.3 is 4.57 Å². The molecule has 150 valence electrons. The molecule has 1 aromatic carbocycles. The van der Waals surface area contributed by atoms with Crippen LogP contribution in [-0.4, -0.2) is 29.1 Å². The van der Waals surface area contributed by atoms with Crippen LogP contribution in [0.1, 0.15) is 0 Å². The maximum atomic E-state index is 4.91. The van der Waals surface area contributed by atoms with Crippen molar-refractivity contribution in [2.24, 2.45) is 0 Å². The van der Waals surface area contributed by atoms with Crippen LogP contribution in [0.15, 0.2) is 97.7 Å². The van der Waals surface area contributed by atoms with Crippen LogP contribution in [0.2, 0.25) is 0 Å². The highest BCUT2D eigenvalue weighted by Crippen LogP contribution is 2.39. The number of hydrogen-bond acceptors (Lipinski definition) is 4. The predicted octanol–water partition coefficient (Wildman–Crippen LogP) is 5.46. The second-order valence-electron chi connectivity index (χ2n) is 7.67. The first-order valence-corrected chi connectivity index (χ1v) is 10.4. The Labute approximate surface area is 182 Å². The number of para-hydroxylation sites is 1. The van der Waals surface area contributed by atoms with Crippen molar-refractivity contribution >= 4 is 43.9 Å². The van der Waals surface area contributed by atoms with Gasteiger partial charge in [-0.2, -0.15) is 0 Å². The van der Waals surface area contributed by atoms with E-state index in [1.165, 1.54) is 0 Å². The molecule has 6 heteroatoms. The molecule has 0 saturated carbocycles. The van der Waals surface area contributed by atoms with Crippen molar-refractivity contribution in [1.82, 2.24) is 29.1 Å². The van der Waals surface area contributed by atoms with Gasteiger partial charge in [-0.1, -0.05) is 24.3 Å². The first-order valence-electron chi connectivity index (χ1n) is 10.4. The second kappa shape index (κ2) is 6.46. The van der Waals surface area contributed by atoms with Crippen LogP contribution in [0, 0.1) is 0 Å². The summed E-state index contributed by atoms with van der Waals surface area (Å²) >= 11 is 0. The number of aromatic nitrogens is 6. The SMILES string of the molecule is c1ccc(-n2c3ccncc3c3c2cnc2c4ncccc4n(-c4ccccn4)c23)cc1. The fourth-order valence-electron chi connectivity index (χ4n) is 4.68. The van der Waals surface area contributed by atoms with E-state index in [1.54, 1.807) is 0 Å². The summed E-state index contributed by atoms with van der Waals surface area (Å²) in [6, 6.07) is 22.4. The predicted molar refractivity (Wildman–Crippen MR) is 126 cm³/mol. The summed E-state index contributed by atoms with van der Waals surface area (Å²) in [7, 11) is 0. The number of fused-ring (bicyclic) bond motifs is 7. The van der Waals surface area contributed by atoms with E-state index in [9.17, 15) is 0 Å². The van der Waals surface area contributed by atoms with Gasteiger partial charge in [-0.05, 0) is 42.5 Å². The summed E-state index contributed by atoms with van der Waals surface area (Å²) in [6.45, 7) is 0. The van der Waals surface area contributed by atoms with Crippen molar-refractivity contribution in [3.8, 4) is 11.5 Å². The van der Waals surface area contributed by atoms with Gasteiger partial charge in [0, 0.05) is 41.2 Å². The van der Waals surface area contributed by atoms with E-state index in [1.807, 2.05) is 61.3 Å². The molecule has 32 heavy (non-hydrogen) atoms. The van der Waals surface area contributed by atoms with Crippen molar-refractivity contribution in [3.63, 3.8) is 0 Å². The van der Waals surface area contributed by atoms with Gasteiger partial charge in [-0.15, -0.1) is 0 Å². The van der Waals surface area contributed by atoms with Gasteiger partial charge in [0.15, 0.2) is 0 Å². The molecule has 7 aromatic rings. The smallest absolute Gasteiger partial charge is 0.137 e. The van der Waals surface area contributed by atoms with Gasteiger partial charge in [0.25, 0.3) is 0 Å². The third-order valence-electron chi connectivity index (χ3n) is 5.95. The molecule has 6 nitrogen and oxygen atoms in total. The Kier molecular flexibility index (Phi) is 3.46. The number of hydrogen-bond donors (Lipinski definition) is 0. The highest BCUT2D eigenvalue weighted by molar-refractivity contribution is 6.23. The zero-order valence-corrected chi connectivity index (χ0v) is 16.9. The van der Waals surface area contributed by atoms with Crippen LogP contribution < -0.4 is 0 Å². The summed E-state index contributed by atoms with van der Waals surface area (Å²) < 4.78 is 4.40. The highest BCUT2D eigenvalue weighted by Gasteiger charge is 2.22. The number of benzene rings is 1. The molecule has 0 spiro atoms. The first-order chi connectivity index (χ1) is 15.9. The van der Waals surface area contributed by atoms with Crippen molar-refractivity contribution in [2.45, 2.75) is 0 Å². The Hall–Kier alpha value is -4.58. The van der Waals surface area contributed by atoms with Crippen LogP contribution in [0.5, 0.6) is 0 Å². The molecule has 0 bridgehead atoms. The molecule has 0 unspecified atom stereocenters. The van der Waals surface area contributed by atoms with Gasteiger partial charge in [-0.3, -0.25) is 19.5 Å². The van der Waals surface area contributed by atoms with E-state index in [-0.39, 0.29) is 0 Å². The van der Waals surface area contributed by atoms with Gasteiger partial charge in [-0.25, -0.2) is 4.98 Å². The van der Waals surface area contributed by atoms with Gasteiger partial charge in [0.1, 0.15) is 16.9 Å². The van der Waals surface area contributed by atoms with Gasteiger partial charge in [0.05, 0.1) is 28.3 Å². The lowest BCUT2D eigenvalue weighted by molar-refractivity contribution is 1.08. The Morgan fingerprint density at radius 1 is 0.562 bits per heavy atom. The molecular weight excluding hydrogens is 396 g/mol. The van der Waals surface area contributed by atoms with E-state index in [0.29, 0.717) is 0 Å². The number of nitrogens with zero attached hydrogens (tertiary/aromatic N) is 6. The number of rotatable bonds is 2. The minimum absolute atomic E-state index is 0.833. The second-order valence-corrected chi connectivity index (χ2v) is 7.67. The van der Waals surface area contributed by atoms with E-state index in [2.05, 4.69) is 60.5 Å². The number of pyridine rings is 4. The van der Waals surface area contributed by atoms with E-state index < -0.39 is 0 Å². The largest absolute Gasteiger partial charge is 0.308 e. The molecule has 0 amide bonds. The quantitative estimate of drug-likeness (QED) is 0.378. The van der Waals surface area contributed by atoms with Crippen LogP contribution in [0.25, 0.3) is 55.4 Å². The van der Waals surface area contributed by atoms with E-state index >= 15 is 0 Å². The lowest BCUT2D eigenvalue weighted by Gasteiger charge is -2.08. The monoisotopic (exact) mass is 412 g/mol. The Morgan fingerprint density at radius 2 is 1.44 bits per heavy atom. The van der Waals surface area contributed by atoms with Crippen LogP contribution in [0.3, 0.4) is 0 Å². The fraction of sp³-hybridized carbons (Fsp3) is 0. The summed E-state index contributed by atoms with van der Waals surface area (Å²) in [5, 5.41) is 2.16. The van der Waals surface area contributed by atoms with Gasteiger partial charge >= 0.3 is 0 Å². The summed E-state index contributed by atoms with van der Waals surface area (Å²) in [6.07, 6.45) is 9.34. The van der Waals surface area contributed by atoms with Crippen molar-refractivity contribution in [2.75, 3.05) is 0 Å². The Morgan fingerprint density at radius 3 is 2.31 bits per heavy atom. The molecule has 6 heterocycles. The molecule has 0 radical (unpaired) electrons. The van der Waals surface area contributed by atoms with E-state index in [4.69, 9.17) is 4.98 Å². The summed E-state index contributed by atoms with van der Waals surface area (Å²) in [5.74, 6) is 0.833. The normalized spacial score (nSPS) is 11.8. The lowest BCUT2D eigenvalue weighted by Crippen LogP contribution is -1.97. The van der Waals surface area contributed by atoms with Crippen LogP contribution in [-0.2, 0) is 0 Å². The average Bonchev–Trinajstić information content (AvgIpc) is 3.38. The molecule has 0 aliphatic carbocycles. The molecule has 0 N–H and O–H groups in total. The highest BCUT2D eigenvalue weighted by atomic mass is 15.1. The fourth-order valence-corrected chi connectivity index (χ4v) is 4.68. The van der Waals surface area contributed by atoms with Crippen molar-refractivity contribution in [1.29, 1.82) is 0 Å². The minimum atomic E-state index is 0.833. The molecule has 0 aliphatic rings. The third-order valence-corrected chi connectivity index (χ3v) is 5.95. The summed E-state index contributed by atoms with van der Waals surface area (Å²) in [4.78, 5) is 18.7. The van der Waals surface area contributed by atoms with Crippen molar-refractivity contribution in [3.05, 3.63) is 97.7 Å². The van der Waals surface area contributed by atoms with Gasteiger partial charge in [0.2, 0.25) is 0 Å². The maximum Gasteiger partial charge on any atom is 0.137 e. The van der Waals surface area contributed by atoms with Crippen molar-refractivity contribution < 1.29 is 0 Å². The molecular formula is C26H16N6. The third kappa shape index (κ3) is 2.23. The topological polar surface area (TPSA) is 61.4 Å². The molecule has 7 rings (SSSR count). The summed E-state index contributed by atoms with van der Waals surface area (Å²) in [5.41, 5.74) is 6.87. The lowest BCUT2D eigenvalue weighted by atomic mass is 10.2. The average molecular weight is 412 g/mol. The van der Waals surface area contributed by atoms with Crippen LogP contribution in [0.4, 0.5) is 0 Å². The zero-order chi connectivity index (χ0) is 21.1. The van der Waals surface area contributed by atoms with Crippen LogP contribution >= 0.6 is 0 Å². The molecule has 0 saturated heterocycles. The Balaban J connectivity index is 1.77. The molecule has 6 aromatic heterocycles. The standard InChI is InChI=1S/C26H16N6/c1-2-7-17(8-3-1)31-19-11-14-27-15-18(19)23-21(31)16-30-25-24-20(9-6-13-29-24)32(26(23)25)22-10-4-5-12-28-22/h1-16H. The van der Waals surface area contributed by atoms with E-state index in [0.717, 1.165) is 55.4 Å². The zero-order valence-electron chi connectivity index (χ0n) is 16.9. The maximum absolute atomic E-state index is 4.91. The minimum Gasteiger partial charge on any atom is -0.308 e.